The average molecular weight is 295 g/mol. The monoisotopic (exact) mass is 294 g/mol. The summed E-state index contributed by atoms with van der Waals surface area (Å²) in [5.74, 6) is 0.475. The number of amides is 1. The summed E-state index contributed by atoms with van der Waals surface area (Å²) in [4.78, 5) is 11.8. The molecule has 3 nitrogen and oxygen atoms in total. The lowest BCUT2D eigenvalue weighted by Gasteiger charge is -2.20. The van der Waals surface area contributed by atoms with E-state index in [0.717, 1.165) is 12.1 Å². The molecule has 20 heavy (non-hydrogen) atoms. The van der Waals surface area contributed by atoms with Crippen LogP contribution in [0.5, 0.6) is 0 Å². The molecule has 0 heterocycles. The highest BCUT2D eigenvalue weighted by Crippen LogP contribution is 2.42. The largest absolute Gasteiger partial charge is 0.382 e. The Bertz CT molecular complexity index is 513. The van der Waals surface area contributed by atoms with E-state index < -0.39 is 0 Å². The van der Waals surface area contributed by atoms with Crippen LogP contribution in [0, 0.1) is 11.3 Å². The van der Waals surface area contributed by atoms with Gasteiger partial charge in [-0.25, -0.2) is 0 Å². The van der Waals surface area contributed by atoms with Gasteiger partial charge in [-0.1, -0.05) is 32.4 Å². The summed E-state index contributed by atoms with van der Waals surface area (Å²) in [6.07, 6.45) is 2.37. The van der Waals surface area contributed by atoms with E-state index in [9.17, 15) is 4.79 Å². The number of benzene rings is 1. The zero-order valence-corrected chi connectivity index (χ0v) is 13.3. The SMILES string of the molecule is CNC(=O)c1cc(NC2CC(C)(C)CC2C)ccc1Cl. The summed E-state index contributed by atoms with van der Waals surface area (Å²) in [5.41, 5.74) is 1.86. The molecule has 110 valence electrons. The van der Waals surface area contributed by atoms with Crippen molar-refractivity contribution in [2.45, 2.75) is 39.7 Å². The van der Waals surface area contributed by atoms with Crippen molar-refractivity contribution in [2.24, 2.45) is 11.3 Å². The molecule has 0 aliphatic heterocycles. The second-order valence-corrected chi connectivity index (χ2v) is 6.98. The van der Waals surface area contributed by atoms with Gasteiger partial charge in [0.1, 0.15) is 0 Å². The van der Waals surface area contributed by atoms with E-state index >= 15 is 0 Å². The minimum absolute atomic E-state index is 0.154. The van der Waals surface area contributed by atoms with Crippen molar-refractivity contribution in [3.63, 3.8) is 0 Å². The van der Waals surface area contributed by atoms with E-state index in [1.165, 1.54) is 6.42 Å². The van der Waals surface area contributed by atoms with Crippen LogP contribution in [0.2, 0.25) is 5.02 Å². The number of carbonyl (C=O) groups is 1. The molecule has 2 atom stereocenters. The molecule has 1 saturated carbocycles. The lowest BCUT2D eigenvalue weighted by atomic mass is 9.91. The lowest BCUT2D eigenvalue weighted by molar-refractivity contribution is 0.0963. The smallest absolute Gasteiger partial charge is 0.252 e. The quantitative estimate of drug-likeness (QED) is 0.886. The zero-order valence-electron chi connectivity index (χ0n) is 12.6. The van der Waals surface area contributed by atoms with E-state index in [-0.39, 0.29) is 5.91 Å². The van der Waals surface area contributed by atoms with Gasteiger partial charge >= 0.3 is 0 Å². The fourth-order valence-electron chi connectivity index (χ4n) is 3.22. The first-order valence-corrected chi connectivity index (χ1v) is 7.48. The first-order chi connectivity index (χ1) is 9.32. The molecule has 2 N–H and O–H groups in total. The maximum absolute atomic E-state index is 11.8. The second kappa shape index (κ2) is 5.65. The Morgan fingerprint density at radius 2 is 2.05 bits per heavy atom. The standard InChI is InChI=1S/C16H23ClN2O/c1-10-8-16(2,3)9-14(10)19-11-5-6-13(17)12(7-11)15(20)18-4/h5-7,10,14,19H,8-9H2,1-4H3,(H,18,20). The summed E-state index contributed by atoms with van der Waals surface area (Å²) in [5, 5.41) is 6.65. The van der Waals surface area contributed by atoms with Gasteiger partial charge in [0.05, 0.1) is 10.6 Å². The average Bonchev–Trinajstić information content (AvgIpc) is 2.63. The molecule has 1 aromatic rings. The van der Waals surface area contributed by atoms with Crippen LogP contribution in [-0.4, -0.2) is 19.0 Å². The summed E-state index contributed by atoms with van der Waals surface area (Å²) in [6.45, 7) is 6.90. The Hall–Kier alpha value is -1.22. The first kappa shape index (κ1) is 15.2. The molecular formula is C16H23ClN2O. The van der Waals surface area contributed by atoms with Crippen molar-refractivity contribution >= 4 is 23.2 Å². The molecule has 0 saturated heterocycles. The molecule has 4 heteroatoms. The number of anilines is 1. The molecule has 2 unspecified atom stereocenters. The van der Waals surface area contributed by atoms with Gasteiger partial charge in [-0.2, -0.15) is 0 Å². The molecule has 1 aliphatic rings. The van der Waals surface area contributed by atoms with Crippen molar-refractivity contribution in [2.75, 3.05) is 12.4 Å². The maximum Gasteiger partial charge on any atom is 0.252 e. The van der Waals surface area contributed by atoms with Crippen molar-refractivity contribution in [1.82, 2.24) is 5.32 Å². The summed E-state index contributed by atoms with van der Waals surface area (Å²) >= 11 is 6.07. The molecule has 1 fully saturated rings. The first-order valence-electron chi connectivity index (χ1n) is 7.10. The van der Waals surface area contributed by atoms with E-state index in [1.54, 1.807) is 13.1 Å². The molecule has 0 aromatic heterocycles. The number of hydrogen-bond acceptors (Lipinski definition) is 2. The number of halogens is 1. The van der Waals surface area contributed by atoms with Gasteiger partial charge in [-0.15, -0.1) is 0 Å². The summed E-state index contributed by atoms with van der Waals surface area (Å²) in [6, 6.07) is 5.99. The zero-order chi connectivity index (χ0) is 14.9. The number of nitrogens with one attached hydrogen (secondary N) is 2. The highest BCUT2D eigenvalue weighted by molar-refractivity contribution is 6.34. The van der Waals surface area contributed by atoms with Crippen LogP contribution in [0.15, 0.2) is 18.2 Å². The van der Waals surface area contributed by atoms with E-state index in [0.29, 0.717) is 28.0 Å². The highest BCUT2D eigenvalue weighted by Gasteiger charge is 2.36. The Kier molecular flexibility index (Phi) is 4.28. The molecule has 0 bridgehead atoms. The van der Waals surface area contributed by atoms with Crippen molar-refractivity contribution < 1.29 is 4.79 Å². The summed E-state index contributed by atoms with van der Waals surface area (Å²) in [7, 11) is 1.61. The Morgan fingerprint density at radius 1 is 1.35 bits per heavy atom. The van der Waals surface area contributed by atoms with Crippen molar-refractivity contribution in [3.05, 3.63) is 28.8 Å². The van der Waals surface area contributed by atoms with Gasteiger partial charge in [-0.05, 0) is 42.4 Å². The minimum atomic E-state index is -0.154. The normalized spacial score (nSPS) is 24.4. The van der Waals surface area contributed by atoms with Crippen LogP contribution in [0.3, 0.4) is 0 Å². The van der Waals surface area contributed by atoms with Gasteiger partial charge in [-0.3, -0.25) is 4.79 Å². The lowest BCUT2D eigenvalue weighted by Crippen LogP contribution is -2.23. The van der Waals surface area contributed by atoms with E-state index in [1.807, 2.05) is 12.1 Å². The molecular weight excluding hydrogens is 272 g/mol. The van der Waals surface area contributed by atoms with Crippen LogP contribution >= 0.6 is 11.6 Å². The Balaban J connectivity index is 2.16. The predicted octanol–water partition coefficient (Wildman–Crippen LogP) is 3.94. The van der Waals surface area contributed by atoms with E-state index in [4.69, 9.17) is 11.6 Å². The maximum atomic E-state index is 11.8. The van der Waals surface area contributed by atoms with Crippen LogP contribution in [0.1, 0.15) is 44.0 Å². The third-order valence-corrected chi connectivity index (χ3v) is 4.45. The fourth-order valence-corrected chi connectivity index (χ4v) is 3.43. The van der Waals surface area contributed by atoms with Crippen LogP contribution in [-0.2, 0) is 0 Å². The third-order valence-electron chi connectivity index (χ3n) is 4.12. The van der Waals surface area contributed by atoms with Gasteiger partial charge in [0.2, 0.25) is 0 Å². The van der Waals surface area contributed by atoms with Gasteiger partial charge < -0.3 is 10.6 Å². The van der Waals surface area contributed by atoms with Crippen molar-refractivity contribution in [1.29, 1.82) is 0 Å². The molecule has 1 amide bonds. The van der Waals surface area contributed by atoms with Gasteiger partial charge in [0, 0.05) is 18.8 Å². The highest BCUT2D eigenvalue weighted by atomic mass is 35.5. The summed E-state index contributed by atoms with van der Waals surface area (Å²) < 4.78 is 0. The Morgan fingerprint density at radius 3 is 2.60 bits per heavy atom. The molecule has 1 aliphatic carbocycles. The van der Waals surface area contributed by atoms with Gasteiger partial charge in [0.25, 0.3) is 5.91 Å². The predicted molar refractivity (Wildman–Crippen MR) is 84.4 cm³/mol. The van der Waals surface area contributed by atoms with Gasteiger partial charge in [0.15, 0.2) is 0 Å². The minimum Gasteiger partial charge on any atom is -0.382 e. The molecule has 0 radical (unpaired) electrons. The number of rotatable bonds is 3. The topological polar surface area (TPSA) is 41.1 Å². The molecule has 0 spiro atoms. The van der Waals surface area contributed by atoms with E-state index in [2.05, 4.69) is 31.4 Å². The second-order valence-electron chi connectivity index (χ2n) is 6.57. The molecule has 1 aromatic carbocycles. The van der Waals surface area contributed by atoms with Crippen LogP contribution in [0.25, 0.3) is 0 Å². The Labute approximate surface area is 126 Å². The van der Waals surface area contributed by atoms with Crippen LogP contribution < -0.4 is 10.6 Å². The third kappa shape index (κ3) is 3.26. The number of hydrogen-bond donors (Lipinski definition) is 2. The van der Waals surface area contributed by atoms with Crippen LogP contribution in [0.4, 0.5) is 5.69 Å². The van der Waals surface area contributed by atoms with Crippen molar-refractivity contribution in [3.8, 4) is 0 Å². The number of carbonyl (C=O) groups excluding carboxylic acids is 1. The molecule has 2 rings (SSSR count). The fraction of sp³-hybridized carbons (Fsp3) is 0.562.